The van der Waals surface area contributed by atoms with Crippen molar-refractivity contribution < 1.29 is 48.0 Å². The van der Waals surface area contributed by atoms with E-state index in [-0.39, 0.29) is 49.3 Å². The van der Waals surface area contributed by atoms with Crippen molar-refractivity contribution in [3.05, 3.63) is 95.1 Å². The number of anilines is 2. The van der Waals surface area contributed by atoms with Crippen LogP contribution in [-0.2, 0) is 27.2 Å². The number of hydrogen-bond donors (Lipinski definition) is 1. The van der Waals surface area contributed by atoms with Crippen molar-refractivity contribution in [1.29, 1.82) is 0 Å². The molecule has 4 heterocycles. The number of esters is 1. The molecule has 4 aliphatic rings. The lowest BCUT2D eigenvalue weighted by Crippen LogP contribution is -2.37. The highest BCUT2D eigenvalue weighted by atomic mass is 16.5. The van der Waals surface area contributed by atoms with Gasteiger partial charge in [0, 0.05) is 61.6 Å². The van der Waals surface area contributed by atoms with Crippen LogP contribution < -0.4 is 28.7 Å². The Morgan fingerprint density at radius 2 is 1.12 bits per heavy atom. The Labute approximate surface area is 329 Å². The van der Waals surface area contributed by atoms with Gasteiger partial charge < -0.3 is 28.8 Å². The van der Waals surface area contributed by atoms with Gasteiger partial charge in [0.05, 0.1) is 69.1 Å². The maximum absolute atomic E-state index is 13.3. The number of carbonyl (C=O) groups is 4. The summed E-state index contributed by atoms with van der Waals surface area (Å²) in [5, 5.41) is 8.74. The Morgan fingerprint density at radius 3 is 1.56 bits per heavy atom. The van der Waals surface area contributed by atoms with Gasteiger partial charge in [0.25, 0.3) is 11.8 Å². The van der Waals surface area contributed by atoms with Gasteiger partial charge in [-0.2, -0.15) is 0 Å². The van der Waals surface area contributed by atoms with E-state index < -0.39 is 5.97 Å². The van der Waals surface area contributed by atoms with E-state index in [1.165, 1.54) is 21.3 Å². The van der Waals surface area contributed by atoms with E-state index in [0.717, 1.165) is 35.3 Å². The highest BCUT2D eigenvalue weighted by Gasteiger charge is 2.38. The van der Waals surface area contributed by atoms with Crippen LogP contribution in [0.15, 0.2) is 82.8 Å². The first-order valence-electron chi connectivity index (χ1n) is 18.6. The average Bonchev–Trinajstić information content (AvgIpc) is 3.72. The summed E-state index contributed by atoms with van der Waals surface area (Å²) in [7, 11) is 4.39. The highest BCUT2D eigenvalue weighted by Crippen LogP contribution is 2.42. The number of nitrogens with zero attached hydrogens (tertiary/aromatic N) is 4. The molecule has 0 aliphatic carbocycles. The molecule has 2 amide bonds. The number of hydrogen-bond acceptors (Lipinski definition) is 11. The van der Waals surface area contributed by atoms with Crippen LogP contribution in [0.5, 0.6) is 23.0 Å². The monoisotopic (exact) mass is 774 g/mol. The van der Waals surface area contributed by atoms with Crippen LogP contribution in [0.25, 0.3) is 0 Å². The summed E-state index contributed by atoms with van der Waals surface area (Å²) in [6, 6.07) is 22.3. The number of aliphatic carboxylic acids is 1. The fraction of sp³-hybridized carbons (Fsp3) is 0.302. The fourth-order valence-electron chi connectivity index (χ4n) is 7.28. The zero-order valence-corrected chi connectivity index (χ0v) is 31.8. The smallest absolute Gasteiger partial charge is 0.305 e. The van der Waals surface area contributed by atoms with E-state index in [1.807, 2.05) is 54.7 Å². The minimum Gasteiger partial charge on any atom is -0.493 e. The van der Waals surface area contributed by atoms with Gasteiger partial charge in [-0.15, -0.1) is 0 Å². The molecule has 2 atom stereocenters. The van der Waals surface area contributed by atoms with Crippen molar-refractivity contribution in [2.24, 2.45) is 9.98 Å². The molecule has 0 saturated heterocycles. The van der Waals surface area contributed by atoms with Crippen LogP contribution in [0, 0.1) is 0 Å². The SMILES string of the molecule is COC(=O)CCCOc1cc2c(cc1OC)C(=O)N1c3ccccc3C[C@H]1C=N2.COc1cc2c(cc1OCCCC(=O)O)N=C[C@@H]1Cc3ccccc3N1C2=O. The molecule has 0 radical (unpaired) electrons. The van der Waals surface area contributed by atoms with Crippen molar-refractivity contribution in [1.82, 2.24) is 0 Å². The third-order valence-corrected chi connectivity index (χ3v) is 10.1. The molecule has 0 spiro atoms. The molecule has 4 aromatic rings. The largest absolute Gasteiger partial charge is 0.493 e. The predicted octanol–water partition coefficient (Wildman–Crippen LogP) is 6.54. The van der Waals surface area contributed by atoms with Crippen LogP contribution in [0.3, 0.4) is 0 Å². The molecule has 8 rings (SSSR count). The Morgan fingerprint density at radius 1 is 0.667 bits per heavy atom. The third kappa shape index (κ3) is 8.02. The van der Waals surface area contributed by atoms with E-state index in [9.17, 15) is 19.2 Å². The summed E-state index contributed by atoms with van der Waals surface area (Å²) in [6.07, 6.45) is 6.28. The van der Waals surface area contributed by atoms with Gasteiger partial charge in [-0.3, -0.25) is 39.0 Å². The molecule has 14 heteroatoms. The number of para-hydroxylation sites is 2. The zero-order chi connectivity index (χ0) is 40.1. The van der Waals surface area contributed by atoms with Crippen molar-refractivity contribution in [2.75, 3.05) is 44.3 Å². The molecule has 0 fully saturated rings. The number of fused-ring (bicyclic) bond motifs is 8. The highest BCUT2D eigenvalue weighted by molar-refractivity contribution is 6.15. The molecular weight excluding hydrogens is 732 g/mol. The Hall–Kier alpha value is -6.70. The predicted molar refractivity (Wildman–Crippen MR) is 213 cm³/mol. The van der Waals surface area contributed by atoms with Gasteiger partial charge in [-0.05, 0) is 48.2 Å². The first kappa shape index (κ1) is 38.6. The molecule has 4 aliphatic heterocycles. The van der Waals surface area contributed by atoms with Gasteiger partial charge in [0.15, 0.2) is 23.0 Å². The number of ether oxygens (including phenoxy) is 5. The van der Waals surface area contributed by atoms with Gasteiger partial charge in [0.1, 0.15) is 0 Å². The van der Waals surface area contributed by atoms with Gasteiger partial charge in [0.2, 0.25) is 0 Å². The summed E-state index contributed by atoms with van der Waals surface area (Å²) in [5.41, 5.74) is 6.08. The molecule has 294 valence electrons. The molecule has 0 saturated carbocycles. The number of carboxylic acid groups (broad SMARTS) is 1. The number of carboxylic acids is 1. The van der Waals surface area contributed by atoms with E-state index in [1.54, 1.807) is 40.3 Å². The third-order valence-electron chi connectivity index (χ3n) is 10.1. The summed E-state index contributed by atoms with van der Waals surface area (Å²) in [5.74, 6) is 0.427. The minimum atomic E-state index is -0.867. The molecule has 0 bridgehead atoms. The van der Waals surface area contributed by atoms with Crippen molar-refractivity contribution in [2.45, 2.75) is 50.6 Å². The first-order chi connectivity index (χ1) is 27.7. The molecule has 14 nitrogen and oxygen atoms in total. The standard InChI is InChI=1S/C22H22N2O5.C21H20N2O5/c1-27-19-11-16-17(12-20(19)29-9-5-8-21(25)28-2)23-13-15-10-14-6-3-4-7-18(14)24(15)22(16)26;1-27-18-10-15-16(11-19(18)28-8-4-7-20(24)25)22-12-14-9-13-5-2-3-6-17(13)23(14)21(15)26/h3-4,6-7,11-13,15H,5,8-10H2,1-2H3;2-3,5-6,10-12,14H,4,7-9H2,1H3,(H,24,25)/t15-;14-/m00/s1. The Balaban J connectivity index is 0.000000174. The molecule has 4 aromatic carbocycles. The Bertz CT molecular complexity index is 2270. The second-order valence-corrected chi connectivity index (χ2v) is 13.6. The summed E-state index contributed by atoms with van der Waals surface area (Å²) >= 11 is 0. The summed E-state index contributed by atoms with van der Waals surface area (Å²) < 4.78 is 26.9. The van der Waals surface area contributed by atoms with Gasteiger partial charge >= 0.3 is 11.9 Å². The lowest BCUT2D eigenvalue weighted by molar-refractivity contribution is -0.141. The van der Waals surface area contributed by atoms with Crippen molar-refractivity contribution >= 4 is 58.9 Å². The van der Waals surface area contributed by atoms with Crippen LogP contribution in [-0.4, -0.2) is 87.9 Å². The van der Waals surface area contributed by atoms with Crippen LogP contribution in [0.2, 0.25) is 0 Å². The van der Waals surface area contributed by atoms with Crippen LogP contribution >= 0.6 is 0 Å². The average molecular weight is 775 g/mol. The number of aliphatic imine (C=N–C) groups is 2. The number of amides is 2. The van der Waals surface area contributed by atoms with E-state index in [2.05, 4.69) is 14.7 Å². The molecule has 0 unspecified atom stereocenters. The van der Waals surface area contributed by atoms with Crippen LogP contribution in [0.4, 0.5) is 22.7 Å². The quantitative estimate of drug-likeness (QED) is 0.123. The summed E-state index contributed by atoms with van der Waals surface area (Å²) in [4.78, 5) is 61.2. The van der Waals surface area contributed by atoms with E-state index in [0.29, 0.717) is 64.9 Å². The van der Waals surface area contributed by atoms with Gasteiger partial charge in [-0.25, -0.2) is 0 Å². The second-order valence-electron chi connectivity index (χ2n) is 13.6. The lowest BCUT2D eigenvalue weighted by Gasteiger charge is -2.22. The number of benzene rings is 4. The minimum absolute atomic E-state index is 0.0277. The number of rotatable bonds is 12. The topological polar surface area (TPSA) is 166 Å². The fourth-order valence-corrected chi connectivity index (χ4v) is 7.28. The second kappa shape index (κ2) is 17.0. The molecular formula is C43H42N4O10. The molecule has 57 heavy (non-hydrogen) atoms. The van der Waals surface area contributed by atoms with Crippen molar-refractivity contribution in [3.63, 3.8) is 0 Å². The number of methoxy groups -OCH3 is 3. The van der Waals surface area contributed by atoms with E-state index >= 15 is 0 Å². The maximum Gasteiger partial charge on any atom is 0.305 e. The zero-order valence-electron chi connectivity index (χ0n) is 31.8. The normalized spacial score (nSPS) is 16.7. The molecule has 0 aromatic heterocycles. The molecule has 1 N–H and O–H groups in total. The first-order valence-corrected chi connectivity index (χ1v) is 18.6. The Kier molecular flexibility index (Phi) is 11.5. The van der Waals surface area contributed by atoms with Gasteiger partial charge in [-0.1, -0.05) is 36.4 Å². The lowest BCUT2D eigenvalue weighted by atomic mass is 10.1. The number of carbonyl (C=O) groups excluding carboxylic acids is 3. The maximum atomic E-state index is 13.3. The van der Waals surface area contributed by atoms with Crippen LogP contribution in [0.1, 0.15) is 57.5 Å². The summed E-state index contributed by atoms with van der Waals surface area (Å²) in [6.45, 7) is 0.561. The van der Waals surface area contributed by atoms with Crippen molar-refractivity contribution in [3.8, 4) is 23.0 Å². The van der Waals surface area contributed by atoms with E-state index in [4.69, 9.17) is 24.1 Å².